The summed E-state index contributed by atoms with van der Waals surface area (Å²) < 4.78 is 19.6. The molecule has 1 unspecified atom stereocenters. The molecule has 0 fully saturated rings. The third-order valence-corrected chi connectivity index (χ3v) is 6.28. The average Bonchev–Trinajstić information content (AvgIpc) is 2.82. The molecule has 33 heavy (non-hydrogen) atoms. The third-order valence-electron chi connectivity index (χ3n) is 5.26. The number of halogens is 1. The number of thioether (sulfide) groups is 1. The Kier molecular flexibility index (Phi) is 7.91. The SMILES string of the molecule is CCc1ccc(NC(=O)CSC2=C(C#N)C(c3ccccc3F)C(C(=O)OC)=C(C)N2)cc1. The van der Waals surface area contributed by atoms with Gasteiger partial charge in [-0.15, -0.1) is 0 Å². The Labute approximate surface area is 196 Å². The number of benzene rings is 2. The topological polar surface area (TPSA) is 91.2 Å². The lowest BCUT2D eigenvalue weighted by atomic mass is 9.82. The number of esters is 1. The van der Waals surface area contributed by atoms with Crippen molar-refractivity contribution in [3.63, 3.8) is 0 Å². The molecule has 1 atom stereocenters. The number of anilines is 1. The van der Waals surface area contributed by atoms with E-state index in [0.29, 0.717) is 16.4 Å². The van der Waals surface area contributed by atoms with Crippen LogP contribution in [0.2, 0.25) is 0 Å². The summed E-state index contributed by atoms with van der Waals surface area (Å²) in [4.78, 5) is 25.0. The summed E-state index contributed by atoms with van der Waals surface area (Å²) >= 11 is 1.12. The van der Waals surface area contributed by atoms with Crippen molar-refractivity contribution >= 4 is 29.3 Å². The van der Waals surface area contributed by atoms with Gasteiger partial charge in [-0.25, -0.2) is 9.18 Å². The van der Waals surface area contributed by atoms with Crippen LogP contribution in [0.5, 0.6) is 0 Å². The van der Waals surface area contributed by atoms with Crippen molar-refractivity contribution in [2.75, 3.05) is 18.2 Å². The van der Waals surface area contributed by atoms with Crippen LogP contribution >= 0.6 is 11.8 Å². The number of nitrogens with one attached hydrogen (secondary N) is 2. The lowest BCUT2D eigenvalue weighted by Gasteiger charge is -2.29. The molecule has 2 aromatic rings. The van der Waals surface area contributed by atoms with Gasteiger partial charge in [0.2, 0.25) is 5.91 Å². The number of nitriles is 1. The number of aryl methyl sites for hydroxylation is 1. The average molecular weight is 466 g/mol. The number of allylic oxidation sites excluding steroid dienone is 2. The predicted octanol–water partition coefficient (Wildman–Crippen LogP) is 4.63. The summed E-state index contributed by atoms with van der Waals surface area (Å²) in [5.74, 6) is -2.37. The van der Waals surface area contributed by atoms with E-state index in [0.717, 1.165) is 18.2 Å². The van der Waals surface area contributed by atoms with Crippen molar-refractivity contribution in [3.8, 4) is 6.07 Å². The van der Waals surface area contributed by atoms with Crippen LogP contribution in [-0.2, 0) is 20.7 Å². The maximum atomic E-state index is 14.7. The zero-order chi connectivity index (χ0) is 24.0. The highest BCUT2D eigenvalue weighted by atomic mass is 32.2. The first-order chi connectivity index (χ1) is 15.9. The molecule has 0 aliphatic carbocycles. The minimum Gasteiger partial charge on any atom is -0.466 e. The summed E-state index contributed by atoms with van der Waals surface area (Å²) in [6.07, 6.45) is 0.907. The standard InChI is InChI=1S/C25H24FN3O3S/c1-4-16-9-11-17(12-10-16)29-21(30)14-33-24-19(13-27)23(18-7-5-6-8-20(18)26)22(15(2)28-24)25(31)32-3/h5-12,23,28H,4,14H2,1-3H3,(H,29,30). The molecule has 1 heterocycles. The smallest absolute Gasteiger partial charge is 0.336 e. The number of hydrogen-bond acceptors (Lipinski definition) is 6. The maximum Gasteiger partial charge on any atom is 0.336 e. The Morgan fingerprint density at radius 3 is 2.52 bits per heavy atom. The fourth-order valence-corrected chi connectivity index (χ4v) is 4.48. The molecule has 8 heteroatoms. The summed E-state index contributed by atoms with van der Waals surface area (Å²) in [5, 5.41) is 16.2. The van der Waals surface area contributed by atoms with Crippen molar-refractivity contribution in [2.45, 2.75) is 26.2 Å². The lowest BCUT2D eigenvalue weighted by Crippen LogP contribution is -2.29. The van der Waals surface area contributed by atoms with Gasteiger partial charge in [0.05, 0.1) is 41.0 Å². The summed E-state index contributed by atoms with van der Waals surface area (Å²) in [7, 11) is 1.23. The molecule has 170 valence electrons. The second kappa shape index (κ2) is 10.8. The van der Waals surface area contributed by atoms with Gasteiger partial charge in [0.15, 0.2) is 0 Å². The third kappa shape index (κ3) is 5.44. The van der Waals surface area contributed by atoms with Gasteiger partial charge in [0, 0.05) is 16.9 Å². The van der Waals surface area contributed by atoms with E-state index in [9.17, 15) is 19.2 Å². The van der Waals surface area contributed by atoms with Crippen molar-refractivity contribution in [2.24, 2.45) is 0 Å². The zero-order valence-electron chi connectivity index (χ0n) is 18.6. The molecule has 1 aliphatic rings. The van der Waals surface area contributed by atoms with E-state index in [1.54, 1.807) is 13.0 Å². The van der Waals surface area contributed by atoms with Gasteiger partial charge in [-0.2, -0.15) is 5.26 Å². The van der Waals surface area contributed by atoms with Crippen LogP contribution in [0.1, 0.15) is 30.9 Å². The molecule has 2 aromatic carbocycles. The lowest BCUT2D eigenvalue weighted by molar-refractivity contribution is -0.136. The number of hydrogen-bond donors (Lipinski definition) is 2. The van der Waals surface area contributed by atoms with Gasteiger partial charge >= 0.3 is 5.97 Å². The van der Waals surface area contributed by atoms with Crippen molar-refractivity contribution in [3.05, 3.63) is 87.3 Å². The van der Waals surface area contributed by atoms with E-state index >= 15 is 0 Å². The number of dihydropyridines is 1. The Balaban J connectivity index is 1.87. The molecule has 0 saturated heterocycles. The largest absolute Gasteiger partial charge is 0.466 e. The molecular weight excluding hydrogens is 441 g/mol. The maximum absolute atomic E-state index is 14.7. The van der Waals surface area contributed by atoms with Gasteiger partial charge in [-0.1, -0.05) is 49.0 Å². The molecule has 0 spiro atoms. The first-order valence-electron chi connectivity index (χ1n) is 10.4. The van der Waals surface area contributed by atoms with Gasteiger partial charge in [-0.05, 0) is 37.1 Å². The summed E-state index contributed by atoms with van der Waals surface area (Å²) in [6.45, 7) is 3.71. The highest BCUT2D eigenvalue weighted by Gasteiger charge is 2.36. The zero-order valence-corrected chi connectivity index (χ0v) is 19.4. The molecule has 1 amide bonds. The first-order valence-corrected chi connectivity index (χ1v) is 11.3. The van der Waals surface area contributed by atoms with Gasteiger partial charge in [0.1, 0.15) is 5.82 Å². The monoisotopic (exact) mass is 465 g/mol. The van der Waals surface area contributed by atoms with Crippen LogP contribution in [-0.4, -0.2) is 24.7 Å². The Morgan fingerprint density at radius 1 is 1.21 bits per heavy atom. The van der Waals surface area contributed by atoms with E-state index in [-0.39, 0.29) is 28.4 Å². The number of nitrogens with zero attached hydrogens (tertiary/aromatic N) is 1. The van der Waals surface area contributed by atoms with Gasteiger partial charge in [-0.3, -0.25) is 4.79 Å². The minimum absolute atomic E-state index is 0.0217. The number of carbonyl (C=O) groups excluding carboxylic acids is 2. The van der Waals surface area contributed by atoms with Gasteiger partial charge in [0.25, 0.3) is 0 Å². The van der Waals surface area contributed by atoms with E-state index in [2.05, 4.69) is 23.6 Å². The quantitative estimate of drug-likeness (QED) is 0.580. The normalized spacial score (nSPS) is 15.5. The van der Waals surface area contributed by atoms with Crippen molar-refractivity contribution in [1.82, 2.24) is 5.32 Å². The molecule has 0 bridgehead atoms. The number of methoxy groups -OCH3 is 1. The number of rotatable bonds is 7. The minimum atomic E-state index is -0.947. The van der Waals surface area contributed by atoms with Crippen LogP contribution in [0.25, 0.3) is 0 Å². The summed E-state index contributed by atoms with van der Waals surface area (Å²) in [5.41, 5.74) is 2.78. The molecule has 0 aromatic heterocycles. The van der Waals surface area contributed by atoms with Crippen LogP contribution < -0.4 is 10.6 Å². The van der Waals surface area contributed by atoms with Gasteiger partial charge < -0.3 is 15.4 Å². The van der Waals surface area contributed by atoms with E-state index in [1.165, 1.54) is 30.9 Å². The summed E-state index contributed by atoms with van der Waals surface area (Å²) in [6, 6.07) is 15.7. The molecule has 2 N–H and O–H groups in total. The first kappa shape index (κ1) is 24.1. The Hall–Kier alpha value is -3.57. The van der Waals surface area contributed by atoms with E-state index in [1.807, 2.05) is 24.3 Å². The molecule has 6 nitrogen and oxygen atoms in total. The van der Waals surface area contributed by atoms with E-state index in [4.69, 9.17) is 4.74 Å². The molecule has 0 saturated carbocycles. The van der Waals surface area contributed by atoms with Crippen LogP contribution in [0.3, 0.4) is 0 Å². The van der Waals surface area contributed by atoms with Crippen LogP contribution in [0.15, 0.2) is 70.4 Å². The van der Waals surface area contributed by atoms with Crippen molar-refractivity contribution < 1.29 is 18.7 Å². The second-order valence-corrected chi connectivity index (χ2v) is 8.34. The number of amides is 1. The molecular formula is C25H24FN3O3S. The Morgan fingerprint density at radius 2 is 1.91 bits per heavy atom. The predicted molar refractivity (Wildman–Crippen MR) is 127 cm³/mol. The van der Waals surface area contributed by atoms with E-state index < -0.39 is 17.7 Å². The molecule has 0 radical (unpaired) electrons. The van der Waals surface area contributed by atoms with Crippen LogP contribution in [0.4, 0.5) is 10.1 Å². The number of carbonyl (C=O) groups is 2. The van der Waals surface area contributed by atoms with Crippen LogP contribution in [0, 0.1) is 17.1 Å². The number of ether oxygens (including phenoxy) is 1. The fraction of sp³-hybridized carbons (Fsp3) is 0.240. The van der Waals surface area contributed by atoms with Crippen molar-refractivity contribution in [1.29, 1.82) is 5.26 Å². The molecule has 3 rings (SSSR count). The molecule has 1 aliphatic heterocycles. The Bertz CT molecular complexity index is 1170. The second-order valence-electron chi connectivity index (χ2n) is 7.35. The highest BCUT2D eigenvalue weighted by molar-refractivity contribution is 8.03. The highest BCUT2D eigenvalue weighted by Crippen LogP contribution is 2.41. The fourth-order valence-electron chi connectivity index (χ4n) is 3.59.